The van der Waals surface area contributed by atoms with Crippen molar-refractivity contribution in [2.45, 2.75) is 13.3 Å². The number of carbonyl (C=O) groups excluding carboxylic acids is 4. The van der Waals surface area contributed by atoms with Gasteiger partial charge in [0.2, 0.25) is 5.91 Å². The summed E-state index contributed by atoms with van der Waals surface area (Å²) in [5.41, 5.74) is 1.87. The summed E-state index contributed by atoms with van der Waals surface area (Å²) in [5, 5.41) is 4.66. The van der Waals surface area contributed by atoms with E-state index in [9.17, 15) is 19.2 Å². The molecule has 0 spiro atoms. The lowest BCUT2D eigenvalue weighted by Gasteiger charge is -2.13. The molecular weight excluding hydrogens is 356 g/mol. The molecule has 0 bridgehead atoms. The van der Waals surface area contributed by atoms with Gasteiger partial charge in [-0.1, -0.05) is 11.6 Å². The molecule has 0 fully saturated rings. The molecule has 2 aromatic rings. The maximum atomic E-state index is 12.4. The molecule has 3 amide bonds. The van der Waals surface area contributed by atoms with E-state index in [1.807, 2.05) is 6.92 Å². The molecule has 0 aliphatic carbocycles. The predicted molar refractivity (Wildman–Crippen MR) is 95.5 cm³/mol. The Labute approximate surface area is 153 Å². The number of thiophene rings is 1. The van der Waals surface area contributed by atoms with Gasteiger partial charge in [0.25, 0.3) is 11.8 Å². The Hall–Kier alpha value is -3.00. The Morgan fingerprint density at radius 1 is 1.15 bits per heavy atom. The van der Waals surface area contributed by atoms with Gasteiger partial charge in [-0.2, -0.15) is 0 Å². The Morgan fingerprint density at radius 3 is 2.62 bits per heavy atom. The Morgan fingerprint density at radius 2 is 1.88 bits per heavy atom. The van der Waals surface area contributed by atoms with Crippen LogP contribution in [0, 0.1) is 6.92 Å². The van der Waals surface area contributed by atoms with Crippen molar-refractivity contribution in [2.75, 3.05) is 19.0 Å². The number of esters is 1. The molecule has 2 heterocycles. The number of nitrogens with one attached hydrogen (secondary N) is 1. The fraction of sp³-hybridized carbons (Fsp3) is 0.222. The molecule has 3 rings (SSSR count). The van der Waals surface area contributed by atoms with Crippen LogP contribution in [0.2, 0.25) is 0 Å². The number of carbonyl (C=O) groups is 4. The molecular formula is C18H16N2O5S. The summed E-state index contributed by atoms with van der Waals surface area (Å²) in [4.78, 5) is 49.6. The van der Waals surface area contributed by atoms with Gasteiger partial charge in [0, 0.05) is 13.0 Å². The molecule has 0 unspecified atom stereocenters. The van der Waals surface area contributed by atoms with Crippen LogP contribution in [0.3, 0.4) is 0 Å². The average molecular weight is 372 g/mol. The number of imide groups is 1. The van der Waals surface area contributed by atoms with Crippen molar-refractivity contribution in [3.63, 3.8) is 0 Å². The second-order valence-electron chi connectivity index (χ2n) is 5.76. The monoisotopic (exact) mass is 372 g/mol. The number of benzene rings is 1. The van der Waals surface area contributed by atoms with Crippen LogP contribution in [-0.4, -0.2) is 42.2 Å². The van der Waals surface area contributed by atoms with E-state index in [1.165, 1.54) is 18.4 Å². The highest BCUT2D eigenvalue weighted by Crippen LogP contribution is 2.25. The van der Waals surface area contributed by atoms with Gasteiger partial charge in [0.05, 0.1) is 23.8 Å². The van der Waals surface area contributed by atoms with Crippen LogP contribution in [0.1, 0.15) is 43.1 Å². The van der Waals surface area contributed by atoms with Crippen molar-refractivity contribution in [3.05, 3.63) is 51.9 Å². The van der Waals surface area contributed by atoms with Crippen LogP contribution in [0.25, 0.3) is 0 Å². The molecule has 134 valence electrons. The van der Waals surface area contributed by atoms with E-state index in [1.54, 1.807) is 29.6 Å². The normalized spacial score (nSPS) is 12.9. The van der Waals surface area contributed by atoms with E-state index >= 15 is 0 Å². The summed E-state index contributed by atoms with van der Waals surface area (Å²) < 4.78 is 4.65. The summed E-state index contributed by atoms with van der Waals surface area (Å²) in [5.74, 6) is -1.74. The van der Waals surface area contributed by atoms with Gasteiger partial charge < -0.3 is 10.1 Å². The molecule has 26 heavy (non-hydrogen) atoms. The number of aryl methyl sites for hydroxylation is 1. The predicted octanol–water partition coefficient (Wildman–Crippen LogP) is 2.47. The summed E-state index contributed by atoms with van der Waals surface area (Å²) in [6.07, 6.45) is -0.0665. The van der Waals surface area contributed by atoms with E-state index < -0.39 is 23.7 Å². The van der Waals surface area contributed by atoms with E-state index in [4.69, 9.17) is 0 Å². The zero-order valence-corrected chi connectivity index (χ0v) is 15.0. The number of rotatable bonds is 5. The number of anilines is 1. The van der Waals surface area contributed by atoms with Crippen LogP contribution >= 0.6 is 11.3 Å². The highest BCUT2D eigenvalue weighted by molar-refractivity contribution is 7.14. The highest BCUT2D eigenvalue weighted by atomic mass is 32.1. The molecule has 0 saturated heterocycles. The maximum absolute atomic E-state index is 12.4. The van der Waals surface area contributed by atoms with E-state index in [-0.39, 0.29) is 18.5 Å². The van der Waals surface area contributed by atoms with Crippen LogP contribution in [0.5, 0.6) is 0 Å². The molecule has 0 radical (unpaired) electrons. The highest BCUT2D eigenvalue weighted by Gasteiger charge is 2.35. The minimum Gasteiger partial charge on any atom is -0.465 e. The van der Waals surface area contributed by atoms with Crippen molar-refractivity contribution in [1.29, 1.82) is 0 Å². The van der Waals surface area contributed by atoms with E-state index in [0.29, 0.717) is 16.1 Å². The number of methoxy groups -OCH3 is 1. The summed E-state index contributed by atoms with van der Waals surface area (Å²) >= 11 is 1.19. The van der Waals surface area contributed by atoms with Gasteiger partial charge in [-0.25, -0.2) is 4.79 Å². The van der Waals surface area contributed by atoms with Crippen molar-refractivity contribution < 1.29 is 23.9 Å². The number of hydrogen-bond donors (Lipinski definition) is 1. The topological polar surface area (TPSA) is 92.8 Å². The first-order valence-electron chi connectivity index (χ1n) is 7.85. The zero-order chi connectivity index (χ0) is 18.8. The third-order valence-corrected chi connectivity index (χ3v) is 4.84. The van der Waals surface area contributed by atoms with Gasteiger partial charge in [-0.15, -0.1) is 11.3 Å². The SMILES string of the molecule is COC(=O)c1ccsc1NC(=O)CCN1C(=O)c2ccc(C)cc2C1=O. The van der Waals surface area contributed by atoms with Gasteiger partial charge >= 0.3 is 5.97 Å². The Balaban J connectivity index is 1.64. The van der Waals surface area contributed by atoms with Gasteiger partial charge in [0.1, 0.15) is 5.00 Å². The second kappa shape index (κ2) is 7.09. The first-order chi connectivity index (χ1) is 12.4. The molecule has 1 aromatic heterocycles. The van der Waals surface area contributed by atoms with Crippen molar-refractivity contribution >= 4 is 40.0 Å². The smallest absolute Gasteiger partial charge is 0.340 e. The standard InChI is InChI=1S/C18H16N2O5S/c1-10-3-4-11-13(9-10)17(23)20(16(11)22)7-5-14(21)19-15-12(6-8-26-15)18(24)25-2/h3-4,6,8-9H,5,7H2,1-2H3,(H,19,21). The van der Waals surface area contributed by atoms with Crippen LogP contribution in [-0.2, 0) is 9.53 Å². The average Bonchev–Trinajstić information content (AvgIpc) is 3.16. The number of hydrogen-bond acceptors (Lipinski definition) is 6. The third kappa shape index (κ3) is 3.23. The van der Waals surface area contributed by atoms with Crippen molar-refractivity contribution in [2.24, 2.45) is 0 Å². The number of fused-ring (bicyclic) bond motifs is 1. The second-order valence-corrected chi connectivity index (χ2v) is 6.68. The third-order valence-electron chi connectivity index (χ3n) is 4.01. The zero-order valence-electron chi connectivity index (χ0n) is 14.2. The summed E-state index contributed by atoms with van der Waals surface area (Å²) in [6.45, 7) is 1.81. The van der Waals surface area contributed by atoms with Gasteiger partial charge in [0.15, 0.2) is 0 Å². The summed E-state index contributed by atoms with van der Waals surface area (Å²) in [6, 6.07) is 6.62. The maximum Gasteiger partial charge on any atom is 0.340 e. The Bertz CT molecular complexity index is 918. The fourth-order valence-electron chi connectivity index (χ4n) is 2.69. The fourth-order valence-corrected chi connectivity index (χ4v) is 3.48. The van der Waals surface area contributed by atoms with Crippen LogP contribution in [0.4, 0.5) is 5.00 Å². The minimum atomic E-state index is -0.544. The summed E-state index contributed by atoms with van der Waals surface area (Å²) in [7, 11) is 1.26. The molecule has 8 heteroatoms. The first-order valence-corrected chi connectivity index (χ1v) is 8.73. The molecule has 1 aliphatic heterocycles. The lowest BCUT2D eigenvalue weighted by atomic mass is 10.1. The minimum absolute atomic E-state index is 0.0316. The Kier molecular flexibility index (Phi) is 4.85. The van der Waals surface area contributed by atoms with Gasteiger partial charge in [-0.3, -0.25) is 19.3 Å². The molecule has 7 nitrogen and oxygen atoms in total. The number of amides is 3. The first kappa shape index (κ1) is 17.8. The molecule has 1 N–H and O–H groups in total. The molecule has 1 aromatic carbocycles. The lowest BCUT2D eigenvalue weighted by molar-refractivity contribution is -0.116. The van der Waals surface area contributed by atoms with Crippen LogP contribution in [0.15, 0.2) is 29.6 Å². The van der Waals surface area contributed by atoms with E-state index in [0.717, 1.165) is 10.5 Å². The van der Waals surface area contributed by atoms with Gasteiger partial charge in [-0.05, 0) is 30.5 Å². The quantitative estimate of drug-likeness (QED) is 0.643. The number of nitrogens with zero attached hydrogens (tertiary/aromatic N) is 1. The largest absolute Gasteiger partial charge is 0.465 e. The lowest BCUT2D eigenvalue weighted by Crippen LogP contribution is -2.32. The molecule has 1 aliphatic rings. The van der Waals surface area contributed by atoms with Crippen molar-refractivity contribution in [1.82, 2.24) is 4.90 Å². The van der Waals surface area contributed by atoms with Crippen molar-refractivity contribution in [3.8, 4) is 0 Å². The van der Waals surface area contributed by atoms with Crippen LogP contribution < -0.4 is 5.32 Å². The molecule has 0 saturated carbocycles. The molecule has 0 atom stereocenters. The number of ether oxygens (including phenoxy) is 1. The van der Waals surface area contributed by atoms with E-state index in [2.05, 4.69) is 10.1 Å².